The van der Waals surface area contributed by atoms with Gasteiger partial charge in [-0.2, -0.15) is 12.7 Å². The van der Waals surface area contributed by atoms with Gasteiger partial charge in [0, 0.05) is 26.2 Å². The summed E-state index contributed by atoms with van der Waals surface area (Å²) < 4.78 is 46.8. The first-order chi connectivity index (χ1) is 16.7. The van der Waals surface area contributed by atoms with Crippen LogP contribution in [-0.2, 0) is 26.3 Å². The molecule has 1 atom stereocenters. The highest BCUT2D eigenvalue weighted by Gasteiger charge is 2.33. The molecule has 0 saturated carbocycles. The number of methoxy groups -OCH3 is 1. The van der Waals surface area contributed by atoms with E-state index in [1.807, 2.05) is 20.8 Å². The second kappa shape index (κ2) is 11.7. The van der Waals surface area contributed by atoms with Crippen molar-refractivity contribution in [1.82, 2.24) is 14.5 Å². The Morgan fingerprint density at radius 1 is 1.08 bits per heavy atom. The third kappa shape index (κ3) is 7.66. The molecule has 0 saturated heterocycles. The molecule has 0 spiro atoms. The number of anilines is 1. The summed E-state index contributed by atoms with van der Waals surface area (Å²) in [5, 5.41) is 2.86. The van der Waals surface area contributed by atoms with Crippen LogP contribution in [0.5, 0.6) is 5.75 Å². The van der Waals surface area contributed by atoms with E-state index in [1.165, 1.54) is 38.2 Å². The van der Waals surface area contributed by atoms with Gasteiger partial charge in [0.05, 0.1) is 12.8 Å². The van der Waals surface area contributed by atoms with Crippen molar-refractivity contribution < 1.29 is 27.1 Å². The van der Waals surface area contributed by atoms with E-state index < -0.39 is 40.1 Å². The number of hydrogen-bond donors (Lipinski definition) is 1. The fraction of sp³-hybridized carbons (Fsp3) is 0.440. The summed E-state index contributed by atoms with van der Waals surface area (Å²) in [6.07, 6.45) is 0. The Labute approximate surface area is 213 Å². The highest BCUT2D eigenvalue weighted by Crippen LogP contribution is 2.22. The first kappa shape index (κ1) is 29.1. The maximum Gasteiger partial charge on any atom is 0.304 e. The van der Waals surface area contributed by atoms with Crippen LogP contribution in [0.25, 0.3) is 0 Å². The summed E-state index contributed by atoms with van der Waals surface area (Å²) in [7, 11) is 0.0805. The summed E-state index contributed by atoms with van der Waals surface area (Å²) in [6, 6.07) is 10.9. The summed E-state index contributed by atoms with van der Waals surface area (Å²) in [5.74, 6) is -0.958. The molecule has 0 aliphatic rings. The lowest BCUT2D eigenvalue weighted by molar-refractivity contribution is -0.140. The molecule has 0 aliphatic heterocycles. The number of ether oxygens (including phenoxy) is 1. The van der Waals surface area contributed by atoms with Gasteiger partial charge in [0.25, 0.3) is 0 Å². The Balaban J connectivity index is 2.48. The topological polar surface area (TPSA) is 99.3 Å². The highest BCUT2D eigenvalue weighted by atomic mass is 32.2. The van der Waals surface area contributed by atoms with Crippen molar-refractivity contribution in [2.45, 2.75) is 45.8 Å². The Hall–Kier alpha value is -3.18. The van der Waals surface area contributed by atoms with Crippen molar-refractivity contribution in [2.24, 2.45) is 0 Å². The normalized spacial score (nSPS) is 12.7. The number of carbonyl (C=O) groups excluding carboxylic acids is 2. The van der Waals surface area contributed by atoms with Crippen molar-refractivity contribution >= 4 is 27.7 Å². The van der Waals surface area contributed by atoms with E-state index in [0.717, 1.165) is 20.7 Å². The van der Waals surface area contributed by atoms with Crippen LogP contribution >= 0.6 is 0 Å². The molecule has 9 nitrogen and oxygen atoms in total. The molecular formula is C25H35FN4O5S. The molecule has 2 aromatic carbocycles. The fourth-order valence-electron chi connectivity index (χ4n) is 3.35. The molecule has 198 valence electrons. The number of carbonyl (C=O) groups is 2. The van der Waals surface area contributed by atoms with Crippen molar-refractivity contribution in [2.75, 3.05) is 32.1 Å². The minimum absolute atomic E-state index is 0.0357. The third-order valence-electron chi connectivity index (χ3n) is 5.29. The van der Waals surface area contributed by atoms with Crippen LogP contribution in [0.2, 0.25) is 0 Å². The monoisotopic (exact) mass is 522 g/mol. The lowest BCUT2D eigenvalue weighted by atomic mass is 10.1. The van der Waals surface area contributed by atoms with Gasteiger partial charge in [-0.3, -0.25) is 9.59 Å². The van der Waals surface area contributed by atoms with Gasteiger partial charge in [-0.05, 0) is 69.7 Å². The molecular weight excluding hydrogens is 487 g/mol. The van der Waals surface area contributed by atoms with Gasteiger partial charge < -0.3 is 15.0 Å². The molecule has 0 fully saturated rings. The summed E-state index contributed by atoms with van der Waals surface area (Å²) in [6.45, 7) is 6.50. The molecule has 11 heteroatoms. The minimum atomic E-state index is -4.12. The van der Waals surface area contributed by atoms with Crippen LogP contribution in [0, 0.1) is 5.82 Å². The number of rotatable bonds is 10. The zero-order valence-corrected chi connectivity index (χ0v) is 22.6. The Bertz CT molecular complexity index is 1160. The number of nitrogens with one attached hydrogen (secondary N) is 1. The van der Waals surface area contributed by atoms with E-state index in [9.17, 15) is 22.4 Å². The van der Waals surface area contributed by atoms with Crippen molar-refractivity contribution in [3.05, 3.63) is 59.9 Å². The maximum absolute atomic E-state index is 13.6. The fourth-order valence-corrected chi connectivity index (χ4v) is 4.40. The van der Waals surface area contributed by atoms with Gasteiger partial charge in [0.2, 0.25) is 11.8 Å². The Morgan fingerprint density at radius 3 is 2.22 bits per heavy atom. The average Bonchev–Trinajstić information content (AvgIpc) is 2.80. The summed E-state index contributed by atoms with van der Waals surface area (Å²) in [4.78, 5) is 28.0. The van der Waals surface area contributed by atoms with Crippen molar-refractivity contribution in [3.8, 4) is 5.75 Å². The zero-order chi connectivity index (χ0) is 27.3. The average molecular weight is 523 g/mol. The standard InChI is InChI=1S/C25H35FN4O5S/c1-18(24(32)27-25(2,3)4)29(16-19-9-8-10-22(15-19)35-7)23(31)17-30(36(33,34)28(5)6)21-13-11-20(26)12-14-21/h8-15,18H,16-17H2,1-7H3,(H,27,32)/t18-/m0/s1. The van der Waals surface area contributed by atoms with E-state index in [1.54, 1.807) is 31.2 Å². The lowest BCUT2D eigenvalue weighted by Crippen LogP contribution is -2.54. The van der Waals surface area contributed by atoms with Gasteiger partial charge in [0.1, 0.15) is 24.2 Å². The second-order valence-corrected chi connectivity index (χ2v) is 11.6. The van der Waals surface area contributed by atoms with Crippen LogP contribution < -0.4 is 14.4 Å². The second-order valence-electron chi connectivity index (χ2n) is 9.56. The smallest absolute Gasteiger partial charge is 0.304 e. The predicted molar refractivity (Wildman–Crippen MR) is 137 cm³/mol. The number of hydrogen-bond acceptors (Lipinski definition) is 5. The molecule has 36 heavy (non-hydrogen) atoms. The number of nitrogens with zero attached hydrogens (tertiary/aromatic N) is 3. The van der Waals surface area contributed by atoms with E-state index >= 15 is 0 Å². The van der Waals surface area contributed by atoms with Gasteiger partial charge in [-0.25, -0.2) is 8.70 Å². The first-order valence-corrected chi connectivity index (χ1v) is 12.8. The number of halogens is 1. The first-order valence-electron chi connectivity index (χ1n) is 11.4. The van der Waals surface area contributed by atoms with Crippen LogP contribution in [0.3, 0.4) is 0 Å². The van der Waals surface area contributed by atoms with Gasteiger partial charge >= 0.3 is 10.2 Å². The van der Waals surface area contributed by atoms with Gasteiger partial charge in [-0.15, -0.1) is 0 Å². The quantitative estimate of drug-likeness (QED) is 0.517. The van der Waals surface area contributed by atoms with E-state index in [0.29, 0.717) is 11.3 Å². The number of benzene rings is 2. The number of amides is 2. The zero-order valence-electron chi connectivity index (χ0n) is 21.8. The Kier molecular flexibility index (Phi) is 9.44. The molecule has 1 N–H and O–H groups in total. The highest BCUT2D eigenvalue weighted by molar-refractivity contribution is 7.90. The van der Waals surface area contributed by atoms with Crippen molar-refractivity contribution in [3.63, 3.8) is 0 Å². The molecule has 0 radical (unpaired) electrons. The van der Waals surface area contributed by atoms with E-state index in [2.05, 4.69) is 5.32 Å². The molecule has 0 unspecified atom stereocenters. The molecule has 2 aromatic rings. The molecule has 0 aromatic heterocycles. The van der Waals surface area contributed by atoms with Crippen LogP contribution in [0.1, 0.15) is 33.3 Å². The minimum Gasteiger partial charge on any atom is -0.497 e. The van der Waals surface area contributed by atoms with Crippen LogP contribution in [0.4, 0.5) is 10.1 Å². The van der Waals surface area contributed by atoms with Crippen LogP contribution in [0.15, 0.2) is 48.5 Å². The van der Waals surface area contributed by atoms with Crippen molar-refractivity contribution in [1.29, 1.82) is 0 Å². The molecule has 2 rings (SSSR count). The lowest BCUT2D eigenvalue weighted by Gasteiger charge is -2.34. The van der Waals surface area contributed by atoms with Gasteiger partial charge in [0.15, 0.2) is 0 Å². The molecule has 2 amide bonds. The van der Waals surface area contributed by atoms with Gasteiger partial charge in [-0.1, -0.05) is 12.1 Å². The molecule has 0 bridgehead atoms. The Morgan fingerprint density at radius 2 is 1.69 bits per heavy atom. The summed E-state index contributed by atoms with van der Waals surface area (Å²) in [5.41, 5.74) is 0.276. The third-order valence-corrected chi connectivity index (χ3v) is 7.11. The maximum atomic E-state index is 13.6. The predicted octanol–water partition coefficient (Wildman–Crippen LogP) is 2.78. The molecule has 0 heterocycles. The largest absolute Gasteiger partial charge is 0.497 e. The molecule has 0 aliphatic carbocycles. The van der Waals surface area contributed by atoms with Crippen LogP contribution in [-0.4, -0.2) is 68.8 Å². The van der Waals surface area contributed by atoms with E-state index in [-0.39, 0.29) is 18.1 Å². The SMILES string of the molecule is COc1cccc(CN(C(=O)CN(c2ccc(F)cc2)S(=O)(=O)N(C)C)[C@@H](C)C(=O)NC(C)(C)C)c1. The van der Waals surface area contributed by atoms with E-state index in [4.69, 9.17) is 4.74 Å². The summed E-state index contributed by atoms with van der Waals surface area (Å²) >= 11 is 0.